The van der Waals surface area contributed by atoms with Crippen LogP contribution in [-0.4, -0.2) is 56.0 Å². The van der Waals surface area contributed by atoms with Gasteiger partial charge in [0.1, 0.15) is 5.82 Å². The van der Waals surface area contributed by atoms with Crippen LogP contribution in [-0.2, 0) is 29.0 Å². The van der Waals surface area contributed by atoms with Gasteiger partial charge in [-0.05, 0) is 24.8 Å². The van der Waals surface area contributed by atoms with Gasteiger partial charge in [-0.2, -0.15) is 0 Å². The zero-order valence-corrected chi connectivity index (χ0v) is 16.4. The third kappa shape index (κ3) is 3.79. The van der Waals surface area contributed by atoms with Crippen LogP contribution < -0.4 is 0 Å². The maximum absolute atomic E-state index is 12.9. The molecule has 1 aromatic carbocycles. The van der Waals surface area contributed by atoms with E-state index >= 15 is 0 Å². The highest BCUT2D eigenvalue weighted by Crippen LogP contribution is 2.32. The maximum atomic E-state index is 12.9. The second-order valence-corrected chi connectivity index (χ2v) is 7.61. The lowest BCUT2D eigenvalue weighted by Gasteiger charge is -2.25. The van der Waals surface area contributed by atoms with E-state index in [9.17, 15) is 9.59 Å². The minimum Gasteiger partial charge on any atom is -0.341 e. The first-order valence-corrected chi connectivity index (χ1v) is 10.1. The van der Waals surface area contributed by atoms with Crippen LogP contribution >= 0.6 is 0 Å². The third-order valence-electron chi connectivity index (χ3n) is 5.84. The monoisotopic (exact) mass is 381 g/mol. The number of nitrogens with zero attached hydrogens (tertiary/aromatic N) is 5. The Morgan fingerprint density at radius 1 is 1.07 bits per heavy atom. The number of amides is 2. The first kappa shape index (κ1) is 18.7. The van der Waals surface area contributed by atoms with Crippen LogP contribution in [0.2, 0.25) is 0 Å². The van der Waals surface area contributed by atoms with E-state index in [-0.39, 0.29) is 17.9 Å². The molecule has 7 heteroatoms. The number of hydrogen-bond acceptors (Lipinski definition) is 4. The molecule has 1 aromatic heterocycles. The molecule has 148 valence electrons. The highest BCUT2D eigenvalue weighted by atomic mass is 16.2. The van der Waals surface area contributed by atoms with Gasteiger partial charge >= 0.3 is 0 Å². The molecule has 3 heterocycles. The number of rotatable bonds is 4. The topological polar surface area (TPSA) is 71.3 Å². The summed E-state index contributed by atoms with van der Waals surface area (Å²) in [5.74, 6) is 2.08. The molecule has 0 saturated carbocycles. The fraction of sp³-hybridized carbons (Fsp3) is 0.524. The Kier molecular flexibility index (Phi) is 5.41. The van der Waals surface area contributed by atoms with Crippen molar-refractivity contribution < 1.29 is 9.59 Å². The van der Waals surface area contributed by atoms with Gasteiger partial charge in [0.25, 0.3) is 0 Å². The van der Waals surface area contributed by atoms with Crippen LogP contribution in [0.15, 0.2) is 30.3 Å². The van der Waals surface area contributed by atoms with E-state index in [2.05, 4.69) is 26.9 Å². The van der Waals surface area contributed by atoms with E-state index < -0.39 is 0 Å². The van der Waals surface area contributed by atoms with Crippen molar-refractivity contribution in [3.63, 3.8) is 0 Å². The van der Waals surface area contributed by atoms with Crippen LogP contribution in [0.5, 0.6) is 0 Å². The fourth-order valence-corrected chi connectivity index (χ4v) is 4.28. The Labute approximate surface area is 165 Å². The highest BCUT2D eigenvalue weighted by molar-refractivity contribution is 5.77. The maximum Gasteiger partial charge on any atom is 0.223 e. The Balaban J connectivity index is 1.46. The quantitative estimate of drug-likeness (QED) is 0.812. The standard InChI is InChI=1S/C21H27N5O2/c1-16(27)24-13-11-19-22-23-21(26(19)15-14-24)18-8-5-12-25(18)20(28)10-9-17-6-3-2-4-7-17/h2-4,6-7,18H,5,8-15H2,1H3. The Hall–Kier alpha value is -2.70. The molecular weight excluding hydrogens is 354 g/mol. The molecule has 0 bridgehead atoms. The molecule has 0 radical (unpaired) electrons. The number of hydrogen-bond donors (Lipinski definition) is 0. The summed E-state index contributed by atoms with van der Waals surface area (Å²) in [5.41, 5.74) is 1.19. The molecular formula is C21H27N5O2. The Morgan fingerprint density at radius 3 is 2.68 bits per heavy atom. The van der Waals surface area contributed by atoms with Crippen LogP contribution in [0.4, 0.5) is 0 Å². The average molecular weight is 381 g/mol. The normalized spacial score (nSPS) is 19.4. The number of likely N-dealkylation sites (tertiary alicyclic amines) is 1. The second-order valence-electron chi connectivity index (χ2n) is 7.61. The Bertz CT molecular complexity index is 848. The van der Waals surface area contributed by atoms with Crippen molar-refractivity contribution in [3.8, 4) is 0 Å². The second kappa shape index (κ2) is 8.12. The molecule has 28 heavy (non-hydrogen) atoms. The van der Waals surface area contributed by atoms with Gasteiger partial charge in [0.15, 0.2) is 5.82 Å². The zero-order valence-electron chi connectivity index (χ0n) is 16.4. The lowest BCUT2D eigenvalue weighted by Crippen LogP contribution is -2.33. The number of aromatic nitrogens is 3. The van der Waals surface area contributed by atoms with Crippen molar-refractivity contribution >= 4 is 11.8 Å². The van der Waals surface area contributed by atoms with E-state index in [1.807, 2.05) is 28.0 Å². The summed E-state index contributed by atoms with van der Waals surface area (Å²) in [6.45, 7) is 4.43. The molecule has 2 amide bonds. The third-order valence-corrected chi connectivity index (χ3v) is 5.84. The van der Waals surface area contributed by atoms with E-state index in [0.29, 0.717) is 32.5 Å². The number of carbonyl (C=O) groups excluding carboxylic acids is 2. The summed E-state index contributed by atoms with van der Waals surface area (Å²) < 4.78 is 2.14. The Morgan fingerprint density at radius 2 is 1.89 bits per heavy atom. The largest absolute Gasteiger partial charge is 0.341 e. The molecule has 2 aliphatic rings. The zero-order chi connectivity index (χ0) is 19.5. The number of aryl methyl sites for hydroxylation is 1. The molecule has 1 saturated heterocycles. The molecule has 4 rings (SSSR count). The average Bonchev–Trinajstić information content (AvgIpc) is 3.28. The van der Waals surface area contributed by atoms with Crippen molar-refractivity contribution in [1.82, 2.24) is 24.6 Å². The van der Waals surface area contributed by atoms with Crippen molar-refractivity contribution in [1.29, 1.82) is 0 Å². The molecule has 1 atom stereocenters. The van der Waals surface area contributed by atoms with E-state index in [0.717, 1.165) is 37.5 Å². The van der Waals surface area contributed by atoms with Crippen molar-refractivity contribution in [2.45, 2.75) is 51.6 Å². The van der Waals surface area contributed by atoms with Gasteiger partial charge in [0, 0.05) is 45.9 Å². The van der Waals surface area contributed by atoms with Gasteiger partial charge in [0.05, 0.1) is 6.04 Å². The summed E-state index contributed by atoms with van der Waals surface area (Å²) >= 11 is 0. The van der Waals surface area contributed by atoms with Crippen LogP contribution in [0.3, 0.4) is 0 Å². The molecule has 0 N–H and O–H groups in total. The summed E-state index contributed by atoms with van der Waals surface area (Å²) in [5, 5.41) is 8.84. The van der Waals surface area contributed by atoms with Gasteiger partial charge in [-0.3, -0.25) is 9.59 Å². The van der Waals surface area contributed by atoms with Crippen molar-refractivity contribution in [2.75, 3.05) is 19.6 Å². The summed E-state index contributed by atoms with van der Waals surface area (Å²) in [7, 11) is 0. The first-order chi connectivity index (χ1) is 13.6. The van der Waals surface area contributed by atoms with Crippen LogP contribution in [0, 0.1) is 0 Å². The van der Waals surface area contributed by atoms with Gasteiger partial charge < -0.3 is 14.4 Å². The van der Waals surface area contributed by atoms with E-state index in [4.69, 9.17) is 0 Å². The molecule has 1 unspecified atom stereocenters. The molecule has 0 spiro atoms. The molecule has 0 aliphatic carbocycles. The molecule has 7 nitrogen and oxygen atoms in total. The SMILES string of the molecule is CC(=O)N1CCc2nnc(C3CCCN3C(=O)CCc3ccccc3)n2CC1. The summed E-state index contributed by atoms with van der Waals surface area (Å²) in [4.78, 5) is 28.5. The minimum atomic E-state index is -0.00611. The first-order valence-electron chi connectivity index (χ1n) is 10.1. The fourth-order valence-electron chi connectivity index (χ4n) is 4.28. The minimum absolute atomic E-state index is 0.00611. The van der Waals surface area contributed by atoms with Gasteiger partial charge in [-0.15, -0.1) is 10.2 Å². The number of benzene rings is 1. The predicted octanol–water partition coefficient (Wildman–Crippen LogP) is 1.98. The van der Waals surface area contributed by atoms with E-state index in [1.165, 1.54) is 5.56 Å². The lowest BCUT2D eigenvalue weighted by atomic mass is 10.1. The summed E-state index contributed by atoms with van der Waals surface area (Å²) in [6.07, 6.45) is 3.89. The molecule has 2 aliphatic heterocycles. The predicted molar refractivity (Wildman–Crippen MR) is 104 cm³/mol. The van der Waals surface area contributed by atoms with Crippen LogP contribution in [0.1, 0.15) is 49.4 Å². The number of fused-ring (bicyclic) bond motifs is 1. The number of carbonyl (C=O) groups is 2. The highest BCUT2D eigenvalue weighted by Gasteiger charge is 2.34. The van der Waals surface area contributed by atoms with Crippen LogP contribution in [0.25, 0.3) is 0 Å². The van der Waals surface area contributed by atoms with Gasteiger partial charge in [-0.1, -0.05) is 30.3 Å². The van der Waals surface area contributed by atoms with Crippen molar-refractivity contribution in [3.05, 3.63) is 47.5 Å². The molecule has 2 aromatic rings. The molecule has 1 fully saturated rings. The van der Waals surface area contributed by atoms with E-state index in [1.54, 1.807) is 6.92 Å². The van der Waals surface area contributed by atoms with Gasteiger partial charge in [0.2, 0.25) is 11.8 Å². The van der Waals surface area contributed by atoms with Gasteiger partial charge in [-0.25, -0.2) is 0 Å². The smallest absolute Gasteiger partial charge is 0.223 e. The lowest BCUT2D eigenvalue weighted by molar-refractivity contribution is -0.132. The van der Waals surface area contributed by atoms with Crippen molar-refractivity contribution in [2.24, 2.45) is 0 Å². The summed E-state index contributed by atoms with van der Waals surface area (Å²) in [6, 6.07) is 10.1.